The smallest absolute Gasteiger partial charge is 0.146 e. The van der Waals surface area contributed by atoms with Gasteiger partial charge in [0.1, 0.15) is 4.32 Å². The lowest BCUT2D eigenvalue weighted by atomic mass is 10.2. The van der Waals surface area contributed by atoms with E-state index in [4.69, 9.17) is 12.2 Å². The second kappa shape index (κ2) is 11.1. The Morgan fingerprint density at radius 2 is 1.53 bits per heavy atom. The lowest BCUT2D eigenvalue weighted by molar-refractivity contribution is 0.402. The maximum absolute atomic E-state index is 5.29. The van der Waals surface area contributed by atoms with Crippen molar-refractivity contribution in [2.75, 3.05) is 13.1 Å². The average molecular weight is 266 g/mol. The molecule has 0 unspecified atom stereocenters. The van der Waals surface area contributed by atoms with Crippen molar-refractivity contribution in [3.8, 4) is 0 Å². The van der Waals surface area contributed by atoms with Gasteiger partial charge in [-0.05, 0) is 23.6 Å². The van der Waals surface area contributed by atoms with Crippen LogP contribution in [0.5, 0.6) is 0 Å². The lowest BCUT2D eigenvalue weighted by Crippen LogP contribution is -2.29. The van der Waals surface area contributed by atoms with Crippen molar-refractivity contribution in [1.29, 1.82) is 0 Å². The number of hydrogen-bond donors (Lipinski definition) is 1. The molecule has 0 rings (SSSR count). The molecular formula is C11H23NS3. The molecule has 4 heteroatoms. The molecule has 0 N–H and O–H groups in total. The average Bonchev–Trinajstić information content (AvgIpc) is 2.26. The summed E-state index contributed by atoms with van der Waals surface area (Å²) in [6.07, 6.45) is 7.62. The van der Waals surface area contributed by atoms with Crippen LogP contribution < -0.4 is 0 Å². The van der Waals surface area contributed by atoms with Crippen molar-refractivity contribution < 1.29 is 0 Å². The SMILES string of the molecule is CCCCCN(CCCCC)C(=S)SS. The van der Waals surface area contributed by atoms with Crippen molar-refractivity contribution in [3.05, 3.63) is 0 Å². The van der Waals surface area contributed by atoms with E-state index in [0.717, 1.165) is 17.4 Å². The van der Waals surface area contributed by atoms with Crippen LogP contribution in [0, 0.1) is 0 Å². The zero-order valence-corrected chi connectivity index (χ0v) is 12.4. The summed E-state index contributed by atoms with van der Waals surface area (Å²) in [4.78, 5) is 2.30. The topological polar surface area (TPSA) is 3.24 Å². The molecule has 15 heavy (non-hydrogen) atoms. The van der Waals surface area contributed by atoms with Gasteiger partial charge in [-0.25, -0.2) is 0 Å². The van der Waals surface area contributed by atoms with Crippen LogP contribution in [-0.2, 0) is 0 Å². The Kier molecular flexibility index (Phi) is 11.5. The fourth-order valence-electron chi connectivity index (χ4n) is 1.46. The highest BCUT2D eigenvalue weighted by Gasteiger charge is 2.07. The summed E-state index contributed by atoms with van der Waals surface area (Å²) in [5.41, 5.74) is 0. The predicted molar refractivity (Wildman–Crippen MR) is 79.8 cm³/mol. The summed E-state index contributed by atoms with van der Waals surface area (Å²) < 4.78 is 0.936. The van der Waals surface area contributed by atoms with Gasteiger partial charge in [-0.15, -0.1) is 11.7 Å². The van der Waals surface area contributed by atoms with Gasteiger partial charge in [0.05, 0.1) is 0 Å². The van der Waals surface area contributed by atoms with Crippen LogP contribution in [0.2, 0.25) is 0 Å². The quantitative estimate of drug-likeness (QED) is 0.297. The van der Waals surface area contributed by atoms with Gasteiger partial charge in [-0.2, -0.15) is 0 Å². The molecule has 1 nitrogen and oxygen atoms in total. The molecule has 0 aliphatic heterocycles. The van der Waals surface area contributed by atoms with Crippen molar-refractivity contribution in [2.24, 2.45) is 0 Å². The summed E-state index contributed by atoms with van der Waals surface area (Å²) in [5, 5.41) is 0. The summed E-state index contributed by atoms with van der Waals surface area (Å²) >= 11 is 9.47. The van der Waals surface area contributed by atoms with E-state index in [2.05, 4.69) is 30.4 Å². The number of rotatable bonds is 8. The van der Waals surface area contributed by atoms with Crippen LogP contribution in [0.25, 0.3) is 0 Å². The molecule has 0 atom stereocenters. The molecule has 0 aromatic rings. The fourth-order valence-corrected chi connectivity index (χ4v) is 2.28. The van der Waals surface area contributed by atoms with Crippen molar-refractivity contribution in [1.82, 2.24) is 4.90 Å². The summed E-state index contributed by atoms with van der Waals surface area (Å²) in [6.45, 7) is 6.66. The third-order valence-corrected chi connectivity index (χ3v) is 4.21. The van der Waals surface area contributed by atoms with Gasteiger partial charge in [0, 0.05) is 13.1 Å². The van der Waals surface area contributed by atoms with E-state index in [0.29, 0.717) is 0 Å². The van der Waals surface area contributed by atoms with Gasteiger partial charge >= 0.3 is 0 Å². The Hall–Kier alpha value is 0.590. The number of thiol groups is 1. The van der Waals surface area contributed by atoms with Crippen molar-refractivity contribution >= 4 is 39.0 Å². The maximum atomic E-state index is 5.29. The molecule has 0 aliphatic rings. The minimum atomic E-state index is 0.936. The van der Waals surface area contributed by atoms with E-state index in [1.807, 2.05) is 0 Å². The number of nitrogens with zero attached hydrogens (tertiary/aromatic N) is 1. The minimum absolute atomic E-state index is 0.936. The third kappa shape index (κ3) is 8.40. The molecule has 0 radical (unpaired) electrons. The van der Waals surface area contributed by atoms with Crippen LogP contribution >= 0.6 is 34.7 Å². The number of hydrogen-bond acceptors (Lipinski definition) is 3. The first-order chi connectivity index (χ1) is 7.26. The molecule has 0 bridgehead atoms. The predicted octanol–water partition coefficient (Wildman–Crippen LogP) is 4.53. The molecule has 90 valence electrons. The minimum Gasteiger partial charge on any atom is -0.357 e. The van der Waals surface area contributed by atoms with Gasteiger partial charge in [0.25, 0.3) is 0 Å². The molecule has 0 aromatic heterocycles. The standard InChI is InChI=1S/C11H23NS3/c1-3-5-7-9-12(11(13)15-14)10-8-6-4-2/h14H,3-10H2,1-2H3. The largest absolute Gasteiger partial charge is 0.357 e. The third-order valence-electron chi connectivity index (χ3n) is 2.40. The summed E-state index contributed by atoms with van der Waals surface area (Å²) in [6, 6.07) is 0. The van der Waals surface area contributed by atoms with Gasteiger partial charge in [0.2, 0.25) is 0 Å². The Labute approximate surface area is 109 Å². The highest BCUT2D eigenvalue weighted by atomic mass is 33.1. The molecule has 0 fully saturated rings. The number of unbranched alkanes of at least 4 members (excludes halogenated alkanes) is 4. The van der Waals surface area contributed by atoms with Gasteiger partial charge in [-0.1, -0.05) is 51.7 Å². The lowest BCUT2D eigenvalue weighted by Gasteiger charge is -2.23. The Morgan fingerprint density at radius 1 is 1.07 bits per heavy atom. The van der Waals surface area contributed by atoms with Crippen LogP contribution in [0.15, 0.2) is 0 Å². The molecule has 0 saturated carbocycles. The first kappa shape index (κ1) is 15.6. The van der Waals surface area contributed by atoms with Gasteiger partial charge in [0.15, 0.2) is 0 Å². The first-order valence-electron chi connectivity index (χ1n) is 5.86. The monoisotopic (exact) mass is 265 g/mol. The normalized spacial score (nSPS) is 10.3. The molecular weight excluding hydrogens is 242 g/mol. The fraction of sp³-hybridized carbons (Fsp3) is 0.909. The highest BCUT2D eigenvalue weighted by Crippen LogP contribution is 2.15. The number of thiocarbonyl (C=S) groups is 1. The molecule has 0 aliphatic carbocycles. The van der Waals surface area contributed by atoms with Gasteiger partial charge in [-0.3, -0.25) is 0 Å². The Balaban J connectivity index is 3.79. The first-order valence-corrected chi connectivity index (χ1v) is 8.14. The second-order valence-electron chi connectivity index (χ2n) is 3.76. The molecule has 0 amide bonds. The maximum Gasteiger partial charge on any atom is 0.146 e. The second-order valence-corrected chi connectivity index (χ2v) is 5.52. The van der Waals surface area contributed by atoms with E-state index in [1.54, 1.807) is 0 Å². The zero-order valence-electron chi connectivity index (χ0n) is 9.87. The Morgan fingerprint density at radius 3 is 1.87 bits per heavy atom. The van der Waals surface area contributed by atoms with Crippen LogP contribution in [0.1, 0.15) is 52.4 Å². The summed E-state index contributed by atoms with van der Waals surface area (Å²) in [5.74, 6) is 0. The van der Waals surface area contributed by atoms with Crippen molar-refractivity contribution in [2.45, 2.75) is 52.4 Å². The zero-order chi connectivity index (χ0) is 11.5. The van der Waals surface area contributed by atoms with E-state index in [-0.39, 0.29) is 0 Å². The molecule has 0 saturated heterocycles. The molecule has 0 aromatic carbocycles. The van der Waals surface area contributed by atoms with Crippen LogP contribution in [-0.4, -0.2) is 22.3 Å². The van der Waals surface area contributed by atoms with Gasteiger partial charge < -0.3 is 4.90 Å². The summed E-state index contributed by atoms with van der Waals surface area (Å²) in [7, 11) is 1.40. The van der Waals surface area contributed by atoms with E-state index in [9.17, 15) is 0 Å². The van der Waals surface area contributed by atoms with E-state index < -0.39 is 0 Å². The molecule has 0 heterocycles. The van der Waals surface area contributed by atoms with Crippen LogP contribution in [0.4, 0.5) is 0 Å². The van der Waals surface area contributed by atoms with E-state index >= 15 is 0 Å². The highest BCUT2D eigenvalue weighted by molar-refractivity contribution is 8.76. The Bertz CT molecular complexity index is 152. The van der Waals surface area contributed by atoms with Crippen molar-refractivity contribution in [3.63, 3.8) is 0 Å². The molecule has 0 spiro atoms. The van der Waals surface area contributed by atoms with Crippen LogP contribution in [0.3, 0.4) is 0 Å². The van der Waals surface area contributed by atoms with E-state index in [1.165, 1.54) is 49.3 Å².